The molecule has 5 heteroatoms. The largest absolute Gasteiger partial charge is 0.494 e. The Balaban J connectivity index is 2.45. The molecule has 0 fully saturated rings. The van der Waals surface area contributed by atoms with Gasteiger partial charge in [-0.1, -0.05) is 0 Å². The third kappa shape index (κ3) is 4.79. The van der Waals surface area contributed by atoms with Crippen LogP contribution in [0.4, 0.5) is 0 Å². The molecule has 0 heterocycles. The number of aliphatic hydroxyl groups excluding tert-OH is 1. The number of nitrogens with zero attached hydrogens (tertiary/aromatic N) is 1. The predicted octanol–water partition coefficient (Wildman–Crippen LogP) is 1.30. The number of benzene rings is 1. The number of amides is 1. The Hall–Kier alpha value is -1.75. The van der Waals surface area contributed by atoms with Crippen molar-refractivity contribution in [3.8, 4) is 11.5 Å². The average Bonchev–Trinajstić information content (AvgIpc) is 2.44. The van der Waals surface area contributed by atoms with Gasteiger partial charge in [-0.15, -0.1) is 0 Å². The fraction of sp³-hybridized carbons (Fsp3) is 0.500. The lowest BCUT2D eigenvalue weighted by Gasteiger charge is -2.23. The molecule has 1 aromatic carbocycles. The van der Waals surface area contributed by atoms with Crippen molar-refractivity contribution in [2.24, 2.45) is 0 Å². The first-order valence-electron chi connectivity index (χ1n) is 6.30. The van der Waals surface area contributed by atoms with Crippen LogP contribution in [-0.4, -0.2) is 48.8 Å². The van der Waals surface area contributed by atoms with Gasteiger partial charge in [-0.3, -0.25) is 4.79 Å². The zero-order valence-electron chi connectivity index (χ0n) is 11.6. The molecule has 0 saturated heterocycles. The molecule has 1 N–H and O–H groups in total. The predicted molar refractivity (Wildman–Crippen MR) is 72.4 cm³/mol. The molecule has 0 spiro atoms. The third-order valence-corrected chi connectivity index (χ3v) is 2.82. The normalized spacial score (nSPS) is 11.8. The summed E-state index contributed by atoms with van der Waals surface area (Å²) in [5.74, 6) is 1.21. The minimum atomic E-state index is -0.212. The lowest BCUT2D eigenvalue weighted by atomic mass is 10.3. The SMILES string of the molecule is CCOc1ccc(OCC(=O)N(C)C(C)CO)cc1. The monoisotopic (exact) mass is 267 g/mol. The maximum atomic E-state index is 11.8. The molecule has 1 rings (SSSR count). The first-order valence-corrected chi connectivity index (χ1v) is 6.30. The van der Waals surface area contributed by atoms with Crippen molar-refractivity contribution >= 4 is 5.91 Å². The topological polar surface area (TPSA) is 59.0 Å². The number of carbonyl (C=O) groups excluding carboxylic acids is 1. The van der Waals surface area contributed by atoms with Crippen LogP contribution in [0, 0.1) is 0 Å². The van der Waals surface area contributed by atoms with Crippen molar-refractivity contribution in [3.63, 3.8) is 0 Å². The van der Waals surface area contributed by atoms with Gasteiger partial charge in [0.05, 0.1) is 19.3 Å². The molecule has 0 aliphatic carbocycles. The van der Waals surface area contributed by atoms with Crippen LogP contribution >= 0.6 is 0 Å². The highest BCUT2D eigenvalue weighted by Crippen LogP contribution is 2.17. The number of carbonyl (C=O) groups is 1. The average molecular weight is 267 g/mol. The van der Waals surface area contributed by atoms with Gasteiger partial charge in [0.15, 0.2) is 6.61 Å². The highest BCUT2D eigenvalue weighted by Gasteiger charge is 2.15. The second-order valence-electron chi connectivity index (χ2n) is 4.23. The number of hydrogen-bond acceptors (Lipinski definition) is 4. The second kappa shape index (κ2) is 7.63. The minimum absolute atomic E-state index is 0.0468. The van der Waals surface area contributed by atoms with Crippen LogP contribution in [0.25, 0.3) is 0 Å². The summed E-state index contributed by atoms with van der Waals surface area (Å²) in [6.45, 7) is 4.19. The summed E-state index contributed by atoms with van der Waals surface area (Å²) in [5, 5.41) is 8.97. The van der Waals surface area contributed by atoms with E-state index < -0.39 is 0 Å². The van der Waals surface area contributed by atoms with E-state index in [9.17, 15) is 4.79 Å². The molecule has 1 unspecified atom stereocenters. The summed E-state index contributed by atoms with van der Waals surface area (Å²) in [7, 11) is 1.64. The molecule has 0 aliphatic rings. The summed E-state index contributed by atoms with van der Waals surface area (Å²) in [6.07, 6.45) is 0. The zero-order chi connectivity index (χ0) is 14.3. The molecule has 19 heavy (non-hydrogen) atoms. The molecule has 1 amide bonds. The van der Waals surface area contributed by atoms with E-state index in [0.29, 0.717) is 12.4 Å². The van der Waals surface area contributed by atoms with E-state index in [1.807, 2.05) is 6.92 Å². The maximum absolute atomic E-state index is 11.8. The molecule has 0 radical (unpaired) electrons. The van der Waals surface area contributed by atoms with E-state index in [-0.39, 0.29) is 25.2 Å². The number of rotatable bonds is 7. The van der Waals surface area contributed by atoms with Gasteiger partial charge in [-0.2, -0.15) is 0 Å². The number of ether oxygens (including phenoxy) is 2. The third-order valence-electron chi connectivity index (χ3n) is 2.82. The van der Waals surface area contributed by atoms with Gasteiger partial charge in [-0.25, -0.2) is 0 Å². The van der Waals surface area contributed by atoms with Crippen molar-refractivity contribution in [1.29, 1.82) is 0 Å². The summed E-state index contributed by atoms with van der Waals surface area (Å²) in [5.41, 5.74) is 0. The molecular formula is C14H21NO4. The van der Waals surface area contributed by atoms with E-state index >= 15 is 0 Å². The smallest absolute Gasteiger partial charge is 0.260 e. The van der Waals surface area contributed by atoms with Crippen LogP contribution < -0.4 is 9.47 Å². The van der Waals surface area contributed by atoms with Gasteiger partial charge in [-0.05, 0) is 38.1 Å². The Morgan fingerprint density at radius 1 is 1.26 bits per heavy atom. The standard InChI is InChI=1S/C14H21NO4/c1-4-18-12-5-7-13(8-6-12)19-10-14(17)15(3)11(2)9-16/h5-8,11,16H,4,9-10H2,1-3H3. The van der Waals surface area contributed by atoms with Gasteiger partial charge in [0.2, 0.25) is 0 Å². The molecule has 0 saturated carbocycles. The quantitative estimate of drug-likeness (QED) is 0.809. The molecule has 0 aromatic heterocycles. The Morgan fingerprint density at radius 2 is 1.79 bits per heavy atom. The van der Waals surface area contributed by atoms with Gasteiger partial charge >= 0.3 is 0 Å². The van der Waals surface area contributed by atoms with Crippen molar-refractivity contribution in [2.75, 3.05) is 26.9 Å². The number of likely N-dealkylation sites (N-methyl/N-ethyl adjacent to an activating group) is 1. The fourth-order valence-electron chi connectivity index (χ4n) is 1.41. The van der Waals surface area contributed by atoms with Crippen LogP contribution in [0.5, 0.6) is 11.5 Å². The Bertz CT molecular complexity index is 391. The van der Waals surface area contributed by atoms with E-state index in [1.54, 1.807) is 38.2 Å². The van der Waals surface area contributed by atoms with E-state index in [0.717, 1.165) is 5.75 Å². The summed E-state index contributed by atoms with van der Waals surface area (Å²) in [6, 6.07) is 6.89. The Morgan fingerprint density at radius 3 is 2.26 bits per heavy atom. The first-order chi connectivity index (χ1) is 9.08. The molecule has 0 bridgehead atoms. The zero-order valence-corrected chi connectivity index (χ0v) is 11.6. The molecule has 0 aliphatic heterocycles. The van der Waals surface area contributed by atoms with E-state index in [2.05, 4.69) is 0 Å². The molecular weight excluding hydrogens is 246 g/mol. The highest BCUT2D eigenvalue weighted by molar-refractivity contribution is 5.77. The van der Waals surface area contributed by atoms with Crippen molar-refractivity contribution in [3.05, 3.63) is 24.3 Å². The van der Waals surface area contributed by atoms with Crippen molar-refractivity contribution < 1.29 is 19.4 Å². The Kier molecular flexibility index (Phi) is 6.15. The van der Waals surface area contributed by atoms with Crippen molar-refractivity contribution in [1.82, 2.24) is 4.90 Å². The summed E-state index contributed by atoms with van der Waals surface area (Å²) >= 11 is 0. The second-order valence-corrected chi connectivity index (χ2v) is 4.23. The van der Waals surface area contributed by atoms with Crippen LogP contribution in [0.2, 0.25) is 0 Å². The minimum Gasteiger partial charge on any atom is -0.494 e. The van der Waals surface area contributed by atoms with Crippen LogP contribution in [0.15, 0.2) is 24.3 Å². The summed E-state index contributed by atoms with van der Waals surface area (Å²) < 4.78 is 10.7. The first kappa shape index (κ1) is 15.3. The molecule has 1 aromatic rings. The lowest BCUT2D eigenvalue weighted by Crippen LogP contribution is -2.40. The van der Waals surface area contributed by atoms with Gasteiger partial charge < -0.3 is 19.5 Å². The van der Waals surface area contributed by atoms with Crippen LogP contribution in [-0.2, 0) is 4.79 Å². The van der Waals surface area contributed by atoms with Gasteiger partial charge in [0.25, 0.3) is 5.91 Å². The van der Waals surface area contributed by atoms with E-state index in [1.165, 1.54) is 4.90 Å². The molecule has 1 atom stereocenters. The molecule has 106 valence electrons. The summed E-state index contributed by atoms with van der Waals surface area (Å²) in [4.78, 5) is 13.2. The Labute approximate surface area is 113 Å². The number of hydrogen-bond donors (Lipinski definition) is 1. The van der Waals surface area contributed by atoms with Crippen molar-refractivity contribution in [2.45, 2.75) is 19.9 Å². The molecule has 5 nitrogen and oxygen atoms in total. The number of aliphatic hydroxyl groups is 1. The highest BCUT2D eigenvalue weighted by atomic mass is 16.5. The maximum Gasteiger partial charge on any atom is 0.260 e. The lowest BCUT2D eigenvalue weighted by molar-refractivity contribution is -0.134. The van der Waals surface area contributed by atoms with Crippen LogP contribution in [0.1, 0.15) is 13.8 Å². The van der Waals surface area contributed by atoms with Crippen LogP contribution in [0.3, 0.4) is 0 Å². The van der Waals surface area contributed by atoms with Gasteiger partial charge in [0, 0.05) is 7.05 Å². The van der Waals surface area contributed by atoms with E-state index in [4.69, 9.17) is 14.6 Å². The fourth-order valence-corrected chi connectivity index (χ4v) is 1.41. The van der Waals surface area contributed by atoms with Gasteiger partial charge in [0.1, 0.15) is 11.5 Å².